The molecule has 0 saturated carbocycles. The summed E-state index contributed by atoms with van der Waals surface area (Å²) in [5, 5.41) is 6.14. The first-order valence-electron chi connectivity index (χ1n) is 6.68. The van der Waals surface area contributed by atoms with Crippen LogP contribution in [0.15, 0.2) is 24.4 Å². The van der Waals surface area contributed by atoms with E-state index in [2.05, 4.69) is 20.0 Å². The summed E-state index contributed by atoms with van der Waals surface area (Å²) in [6.45, 7) is 4.07. The van der Waals surface area contributed by atoms with Crippen molar-refractivity contribution in [2.45, 2.75) is 13.5 Å². The molecule has 0 fully saturated rings. The molecule has 6 nitrogen and oxygen atoms in total. The second-order valence-electron chi connectivity index (χ2n) is 4.88. The number of fused-ring (bicyclic) bond motifs is 1. The number of amides is 2. The molecule has 2 amide bonds. The second kappa shape index (κ2) is 6.38. The minimum absolute atomic E-state index is 0.0715. The summed E-state index contributed by atoms with van der Waals surface area (Å²) in [5.41, 5.74) is 3.14. The van der Waals surface area contributed by atoms with Crippen LogP contribution < -0.4 is 10.6 Å². The van der Waals surface area contributed by atoms with E-state index in [1.54, 1.807) is 14.1 Å². The van der Waals surface area contributed by atoms with Gasteiger partial charge in [-0.1, -0.05) is 6.07 Å². The standard InChI is InChI=1S/C14H21N5O/c1-11-12(19-9-5-4-6-13(19)17-11)10-15-7-8-16-14(20)18(2)3/h4-6,9,15H,7-8,10H2,1-3H3,(H,16,20). The average Bonchev–Trinajstić information content (AvgIpc) is 2.74. The Hall–Kier alpha value is -2.08. The van der Waals surface area contributed by atoms with Crippen LogP contribution in [0.2, 0.25) is 0 Å². The number of carbonyl (C=O) groups is 1. The highest BCUT2D eigenvalue weighted by molar-refractivity contribution is 5.73. The van der Waals surface area contributed by atoms with Crippen LogP contribution in [0.25, 0.3) is 5.65 Å². The predicted molar refractivity (Wildman–Crippen MR) is 78.7 cm³/mol. The Morgan fingerprint density at radius 2 is 2.15 bits per heavy atom. The van der Waals surface area contributed by atoms with E-state index < -0.39 is 0 Å². The number of nitrogens with zero attached hydrogens (tertiary/aromatic N) is 3. The Balaban J connectivity index is 1.84. The maximum absolute atomic E-state index is 11.3. The lowest BCUT2D eigenvalue weighted by Gasteiger charge is -2.12. The van der Waals surface area contributed by atoms with Gasteiger partial charge >= 0.3 is 6.03 Å². The largest absolute Gasteiger partial charge is 0.337 e. The van der Waals surface area contributed by atoms with Crippen molar-refractivity contribution in [1.82, 2.24) is 24.9 Å². The zero-order valence-electron chi connectivity index (χ0n) is 12.2. The molecule has 0 bridgehead atoms. The molecule has 2 heterocycles. The van der Waals surface area contributed by atoms with Crippen molar-refractivity contribution in [1.29, 1.82) is 0 Å². The minimum Gasteiger partial charge on any atom is -0.337 e. The summed E-state index contributed by atoms with van der Waals surface area (Å²) < 4.78 is 2.08. The van der Waals surface area contributed by atoms with Crippen LogP contribution in [0.3, 0.4) is 0 Å². The van der Waals surface area contributed by atoms with Gasteiger partial charge in [0.15, 0.2) is 0 Å². The first-order valence-corrected chi connectivity index (χ1v) is 6.68. The molecule has 2 rings (SSSR count). The van der Waals surface area contributed by atoms with Crippen LogP contribution in [0, 0.1) is 6.92 Å². The Morgan fingerprint density at radius 3 is 2.90 bits per heavy atom. The van der Waals surface area contributed by atoms with E-state index in [0.29, 0.717) is 6.54 Å². The topological polar surface area (TPSA) is 61.7 Å². The summed E-state index contributed by atoms with van der Waals surface area (Å²) in [6, 6.07) is 5.90. The minimum atomic E-state index is -0.0715. The monoisotopic (exact) mass is 275 g/mol. The summed E-state index contributed by atoms with van der Waals surface area (Å²) in [5.74, 6) is 0. The van der Waals surface area contributed by atoms with E-state index in [1.807, 2.05) is 31.3 Å². The van der Waals surface area contributed by atoms with Gasteiger partial charge in [0.25, 0.3) is 0 Å². The van der Waals surface area contributed by atoms with Crippen molar-refractivity contribution in [2.24, 2.45) is 0 Å². The Kier molecular flexibility index (Phi) is 4.57. The summed E-state index contributed by atoms with van der Waals surface area (Å²) in [4.78, 5) is 17.4. The quantitative estimate of drug-likeness (QED) is 0.800. The molecular weight excluding hydrogens is 254 g/mol. The zero-order chi connectivity index (χ0) is 14.5. The average molecular weight is 275 g/mol. The van der Waals surface area contributed by atoms with E-state index in [9.17, 15) is 4.79 Å². The number of rotatable bonds is 5. The first-order chi connectivity index (χ1) is 9.59. The van der Waals surface area contributed by atoms with E-state index in [1.165, 1.54) is 4.90 Å². The van der Waals surface area contributed by atoms with E-state index in [0.717, 1.165) is 30.1 Å². The lowest BCUT2D eigenvalue weighted by Crippen LogP contribution is -2.38. The Morgan fingerprint density at radius 1 is 1.35 bits per heavy atom. The van der Waals surface area contributed by atoms with E-state index in [4.69, 9.17) is 0 Å². The van der Waals surface area contributed by atoms with Crippen molar-refractivity contribution in [3.05, 3.63) is 35.8 Å². The van der Waals surface area contributed by atoms with Crippen LogP contribution in [-0.4, -0.2) is 47.5 Å². The highest BCUT2D eigenvalue weighted by Gasteiger charge is 2.07. The van der Waals surface area contributed by atoms with E-state index in [-0.39, 0.29) is 6.03 Å². The Labute approximate surface area is 118 Å². The predicted octanol–water partition coefficient (Wildman–Crippen LogP) is 1.00. The molecule has 20 heavy (non-hydrogen) atoms. The maximum Gasteiger partial charge on any atom is 0.316 e. The molecule has 0 unspecified atom stereocenters. The SMILES string of the molecule is Cc1nc2ccccn2c1CNCCNC(=O)N(C)C. The number of urea groups is 1. The van der Waals surface area contributed by atoms with Gasteiger partial charge in [0, 0.05) is 39.9 Å². The lowest BCUT2D eigenvalue weighted by atomic mass is 10.3. The molecule has 0 spiro atoms. The number of nitrogens with one attached hydrogen (secondary N) is 2. The number of hydrogen-bond donors (Lipinski definition) is 2. The van der Waals surface area contributed by atoms with Gasteiger partial charge in [0.05, 0.1) is 11.4 Å². The lowest BCUT2D eigenvalue weighted by molar-refractivity contribution is 0.217. The second-order valence-corrected chi connectivity index (χ2v) is 4.88. The molecule has 0 saturated heterocycles. The molecule has 0 radical (unpaired) electrons. The summed E-state index contributed by atoms with van der Waals surface area (Å²) in [6.07, 6.45) is 2.01. The van der Waals surface area contributed by atoms with Crippen LogP contribution >= 0.6 is 0 Å². The highest BCUT2D eigenvalue weighted by Crippen LogP contribution is 2.10. The highest BCUT2D eigenvalue weighted by atomic mass is 16.2. The number of pyridine rings is 1. The normalized spacial score (nSPS) is 10.8. The molecule has 0 aliphatic rings. The number of imidazole rings is 1. The maximum atomic E-state index is 11.3. The molecule has 2 aromatic rings. The fraction of sp³-hybridized carbons (Fsp3) is 0.429. The third kappa shape index (κ3) is 3.27. The van der Waals surface area contributed by atoms with Gasteiger partial charge < -0.3 is 19.9 Å². The summed E-state index contributed by atoms with van der Waals surface area (Å²) >= 11 is 0. The molecule has 0 atom stereocenters. The molecule has 2 aromatic heterocycles. The van der Waals surface area contributed by atoms with Gasteiger partial charge in [-0.25, -0.2) is 9.78 Å². The van der Waals surface area contributed by atoms with Gasteiger partial charge in [0.2, 0.25) is 0 Å². The van der Waals surface area contributed by atoms with Crippen LogP contribution in [0.5, 0.6) is 0 Å². The van der Waals surface area contributed by atoms with Gasteiger partial charge in [-0.2, -0.15) is 0 Å². The number of hydrogen-bond acceptors (Lipinski definition) is 3. The number of aryl methyl sites for hydroxylation is 1. The Bertz CT molecular complexity index is 590. The van der Waals surface area contributed by atoms with Gasteiger partial charge in [-0.05, 0) is 19.1 Å². The fourth-order valence-electron chi connectivity index (χ4n) is 2.00. The smallest absolute Gasteiger partial charge is 0.316 e. The van der Waals surface area contributed by atoms with Gasteiger partial charge in [0.1, 0.15) is 5.65 Å². The van der Waals surface area contributed by atoms with Gasteiger partial charge in [-0.15, -0.1) is 0 Å². The van der Waals surface area contributed by atoms with Gasteiger partial charge in [-0.3, -0.25) is 0 Å². The molecule has 108 valence electrons. The zero-order valence-corrected chi connectivity index (χ0v) is 12.2. The summed E-state index contributed by atoms with van der Waals surface area (Å²) in [7, 11) is 3.45. The van der Waals surface area contributed by atoms with Crippen molar-refractivity contribution in [3.63, 3.8) is 0 Å². The first kappa shape index (κ1) is 14.3. The third-order valence-electron chi connectivity index (χ3n) is 3.11. The van der Waals surface area contributed by atoms with Crippen molar-refractivity contribution in [2.75, 3.05) is 27.2 Å². The van der Waals surface area contributed by atoms with E-state index >= 15 is 0 Å². The van der Waals surface area contributed by atoms with Crippen LogP contribution in [0.4, 0.5) is 4.79 Å². The third-order valence-corrected chi connectivity index (χ3v) is 3.11. The van der Waals surface area contributed by atoms with Crippen molar-refractivity contribution >= 4 is 11.7 Å². The van der Waals surface area contributed by atoms with Crippen LogP contribution in [0.1, 0.15) is 11.4 Å². The molecule has 2 N–H and O–H groups in total. The molecule has 0 aliphatic carbocycles. The molecule has 0 aliphatic heterocycles. The molecule has 0 aromatic carbocycles. The number of aromatic nitrogens is 2. The number of carbonyl (C=O) groups excluding carboxylic acids is 1. The fourth-order valence-corrected chi connectivity index (χ4v) is 2.00. The van der Waals surface area contributed by atoms with Crippen LogP contribution in [-0.2, 0) is 6.54 Å². The molecule has 6 heteroatoms. The molecular formula is C14H21N5O. The van der Waals surface area contributed by atoms with Crippen molar-refractivity contribution < 1.29 is 4.79 Å². The van der Waals surface area contributed by atoms with Crippen molar-refractivity contribution in [3.8, 4) is 0 Å².